The fourth-order valence-electron chi connectivity index (χ4n) is 1.08. The molecule has 0 spiro atoms. The minimum absolute atomic E-state index is 0.0359. The van der Waals surface area contributed by atoms with Crippen molar-refractivity contribution >= 4 is 17.7 Å². The number of thioether (sulfide) groups is 1. The van der Waals surface area contributed by atoms with Crippen LogP contribution >= 0.6 is 11.8 Å². The lowest BCUT2D eigenvalue weighted by Crippen LogP contribution is -2.47. The fourth-order valence-corrected chi connectivity index (χ4v) is 2.07. The second-order valence-corrected chi connectivity index (χ2v) is 4.56. The second-order valence-electron chi connectivity index (χ2n) is 2.93. The largest absolute Gasteiger partial charge is 0.368 e. The highest BCUT2D eigenvalue weighted by Gasteiger charge is 2.38. The first-order valence-electron chi connectivity index (χ1n) is 3.21. The van der Waals surface area contributed by atoms with Gasteiger partial charge in [0.2, 0.25) is 5.91 Å². The zero-order valence-corrected chi connectivity index (χ0v) is 6.99. The Morgan fingerprint density at radius 2 is 2.40 bits per heavy atom. The molecule has 1 atom stereocenters. The topological polar surface area (TPSA) is 55.1 Å². The smallest absolute Gasteiger partial charge is 0.236 e. The van der Waals surface area contributed by atoms with Crippen molar-refractivity contribution < 1.29 is 4.79 Å². The van der Waals surface area contributed by atoms with Gasteiger partial charge in [0.05, 0.1) is 0 Å². The first kappa shape index (κ1) is 7.88. The van der Waals surface area contributed by atoms with Crippen LogP contribution in [0.1, 0.15) is 13.8 Å². The molecule has 1 aliphatic heterocycles. The number of primary amides is 1. The van der Waals surface area contributed by atoms with Gasteiger partial charge in [-0.3, -0.25) is 10.1 Å². The van der Waals surface area contributed by atoms with Crippen LogP contribution in [0.4, 0.5) is 0 Å². The Labute approximate surface area is 64.7 Å². The van der Waals surface area contributed by atoms with E-state index in [1.54, 1.807) is 11.8 Å². The van der Waals surface area contributed by atoms with Crippen molar-refractivity contribution in [3.63, 3.8) is 0 Å². The van der Waals surface area contributed by atoms with Crippen molar-refractivity contribution in [1.82, 2.24) is 5.32 Å². The van der Waals surface area contributed by atoms with E-state index in [9.17, 15) is 4.79 Å². The maximum absolute atomic E-state index is 10.8. The Morgan fingerprint density at radius 3 is 2.60 bits per heavy atom. The zero-order chi connectivity index (χ0) is 7.78. The molecule has 4 heteroatoms. The SMILES string of the molecule is CC1(C)SCN[C@H]1C(N)=O. The Kier molecular flexibility index (Phi) is 1.92. The summed E-state index contributed by atoms with van der Waals surface area (Å²) in [4.78, 5) is 10.8. The summed E-state index contributed by atoms with van der Waals surface area (Å²) in [6.45, 7) is 4.04. The van der Waals surface area contributed by atoms with E-state index in [1.165, 1.54) is 0 Å². The molecule has 0 unspecified atom stereocenters. The van der Waals surface area contributed by atoms with E-state index >= 15 is 0 Å². The van der Waals surface area contributed by atoms with Gasteiger partial charge in [-0.05, 0) is 13.8 Å². The first-order valence-corrected chi connectivity index (χ1v) is 4.19. The van der Waals surface area contributed by atoms with E-state index in [2.05, 4.69) is 5.32 Å². The number of carbonyl (C=O) groups is 1. The van der Waals surface area contributed by atoms with Crippen LogP contribution in [-0.2, 0) is 4.79 Å². The Bertz CT molecular complexity index is 158. The molecule has 1 aliphatic rings. The number of amides is 1. The van der Waals surface area contributed by atoms with Gasteiger partial charge in [-0.25, -0.2) is 0 Å². The molecule has 1 fully saturated rings. The molecule has 0 bridgehead atoms. The second kappa shape index (κ2) is 2.43. The molecule has 0 aromatic heterocycles. The van der Waals surface area contributed by atoms with Gasteiger partial charge in [0, 0.05) is 10.6 Å². The summed E-state index contributed by atoms with van der Waals surface area (Å²) < 4.78 is -0.0359. The van der Waals surface area contributed by atoms with Gasteiger partial charge in [-0.2, -0.15) is 0 Å². The molecule has 1 amide bonds. The van der Waals surface area contributed by atoms with Crippen LogP contribution in [0.15, 0.2) is 0 Å². The highest BCUT2D eigenvalue weighted by atomic mass is 32.2. The van der Waals surface area contributed by atoms with Crippen molar-refractivity contribution in [2.75, 3.05) is 5.88 Å². The molecule has 3 N–H and O–H groups in total. The van der Waals surface area contributed by atoms with Crippen LogP contribution in [0.5, 0.6) is 0 Å². The maximum atomic E-state index is 10.8. The Balaban J connectivity index is 2.68. The van der Waals surface area contributed by atoms with E-state index in [-0.39, 0.29) is 16.7 Å². The fraction of sp³-hybridized carbons (Fsp3) is 0.833. The van der Waals surface area contributed by atoms with E-state index < -0.39 is 0 Å². The number of nitrogens with two attached hydrogens (primary N) is 1. The number of nitrogens with one attached hydrogen (secondary N) is 1. The molecule has 0 aromatic carbocycles. The third kappa shape index (κ3) is 1.27. The van der Waals surface area contributed by atoms with E-state index in [0.717, 1.165) is 5.88 Å². The average Bonchev–Trinajstić information content (AvgIpc) is 2.08. The number of hydrogen-bond acceptors (Lipinski definition) is 3. The molecule has 58 valence electrons. The number of carbonyl (C=O) groups excluding carboxylic acids is 1. The Hall–Kier alpha value is -0.220. The first-order chi connectivity index (χ1) is 4.54. The summed E-state index contributed by atoms with van der Waals surface area (Å²) in [6, 6.07) is -0.169. The molecule has 10 heavy (non-hydrogen) atoms. The van der Waals surface area contributed by atoms with Gasteiger partial charge in [-0.1, -0.05) is 0 Å². The minimum Gasteiger partial charge on any atom is -0.368 e. The molecule has 1 heterocycles. The summed E-state index contributed by atoms with van der Waals surface area (Å²) in [5.41, 5.74) is 5.16. The summed E-state index contributed by atoms with van der Waals surface area (Å²) in [6.07, 6.45) is 0. The van der Waals surface area contributed by atoms with Gasteiger partial charge in [-0.15, -0.1) is 11.8 Å². The standard InChI is InChI=1S/C6H12N2OS/c1-6(2)4(5(7)9)8-3-10-6/h4,8H,3H2,1-2H3,(H2,7,9)/t4-/m0/s1. The summed E-state index contributed by atoms with van der Waals surface area (Å²) in [5, 5.41) is 3.03. The quantitative estimate of drug-likeness (QED) is 0.564. The van der Waals surface area contributed by atoms with Crippen molar-refractivity contribution in [3.05, 3.63) is 0 Å². The van der Waals surface area contributed by atoms with Crippen LogP contribution < -0.4 is 11.1 Å². The van der Waals surface area contributed by atoms with Crippen LogP contribution in [0, 0.1) is 0 Å². The molecule has 0 saturated carbocycles. The predicted molar refractivity (Wildman–Crippen MR) is 42.7 cm³/mol. The maximum Gasteiger partial charge on any atom is 0.236 e. The number of rotatable bonds is 1. The normalized spacial score (nSPS) is 30.4. The summed E-state index contributed by atoms with van der Waals surface area (Å²) in [7, 11) is 0. The predicted octanol–water partition coefficient (Wildman–Crippen LogP) is -0.0872. The summed E-state index contributed by atoms with van der Waals surface area (Å²) in [5.74, 6) is 0.565. The molecule has 0 aliphatic carbocycles. The minimum atomic E-state index is -0.255. The molecular weight excluding hydrogens is 148 g/mol. The molecule has 1 saturated heterocycles. The molecule has 1 rings (SSSR count). The van der Waals surface area contributed by atoms with Crippen LogP contribution in [0.2, 0.25) is 0 Å². The molecule has 3 nitrogen and oxygen atoms in total. The third-order valence-electron chi connectivity index (χ3n) is 1.71. The monoisotopic (exact) mass is 160 g/mol. The van der Waals surface area contributed by atoms with E-state index in [0.29, 0.717) is 0 Å². The molecule has 0 aromatic rings. The molecule has 0 radical (unpaired) electrons. The lowest BCUT2D eigenvalue weighted by molar-refractivity contribution is -0.120. The third-order valence-corrected chi connectivity index (χ3v) is 3.00. The van der Waals surface area contributed by atoms with E-state index in [4.69, 9.17) is 5.73 Å². The van der Waals surface area contributed by atoms with Gasteiger partial charge in [0.25, 0.3) is 0 Å². The van der Waals surface area contributed by atoms with Gasteiger partial charge in [0.15, 0.2) is 0 Å². The lowest BCUT2D eigenvalue weighted by Gasteiger charge is -2.21. The highest BCUT2D eigenvalue weighted by molar-refractivity contribution is 8.00. The van der Waals surface area contributed by atoms with Crippen molar-refractivity contribution in [2.45, 2.75) is 24.6 Å². The molecular formula is C6H12N2OS. The highest BCUT2D eigenvalue weighted by Crippen LogP contribution is 2.32. The lowest BCUT2D eigenvalue weighted by atomic mass is 10.0. The van der Waals surface area contributed by atoms with Gasteiger partial charge < -0.3 is 5.73 Å². The van der Waals surface area contributed by atoms with Crippen molar-refractivity contribution in [2.24, 2.45) is 5.73 Å². The Morgan fingerprint density at radius 1 is 1.80 bits per heavy atom. The van der Waals surface area contributed by atoms with Gasteiger partial charge in [0.1, 0.15) is 6.04 Å². The van der Waals surface area contributed by atoms with Crippen LogP contribution in [-0.4, -0.2) is 22.6 Å². The van der Waals surface area contributed by atoms with Crippen LogP contribution in [0.25, 0.3) is 0 Å². The van der Waals surface area contributed by atoms with Gasteiger partial charge >= 0.3 is 0 Å². The van der Waals surface area contributed by atoms with Crippen molar-refractivity contribution in [1.29, 1.82) is 0 Å². The van der Waals surface area contributed by atoms with E-state index in [1.807, 2.05) is 13.8 Å². The average molecular weight is 160 g/mol. The van der Waals surface area contributed by atoms with Crippen molar-refractivity contribution in [3.8, 4) is 0 Å². The number of hydrogen-bond donors (Lipinski definition) is 2. The zero-order valence-electron chi connectivity index (χ0n) is 6.18. The summed E-state index contributed by atoms with van der Waals surface area (Å²) >= 11 is 1.72. The van der Waals surface area contributed by atoms with Crippen LogP contribution in [0.3, 0.4) is 0 Å².